The van der Waals surface area contributed by atoms with Crippen LogP contribution < -0.4 is 10.1 Å². The molecule has 0 heterocycles. The van der Waals surface area contributed by atoms with Gasteiger partial charge in [0.2, 0.25) is 0 Å². The number of aliphatic hydroxyl groups is 1. The lowest BCUT2D eigenvalue weighted by atomic mass is 10.1. The smallest absolute Gasteiger partial charge is 0.169 e. The number of nitrogens with one attached hydrogen (secondary N) is 1. The predicted molar refractivity (Wildman–Crippen MR) is 80.8 cm³/mol. The summed E-state index contributed by atoms with van der Waals surface area (Å²) in [6, 6.07) is 14.8. The van der Waals surface area contributed by atoms with Crippen molar-refractivity contribution in [2.75, 3.05) is 13.7 Å². The molecular formula is C17H20FNO2. The summed E-state index contributed by atoms with van der Waals surface area (Å²) in [6.45, 7) is 0.349. The van der Waals surface area contributed by atoms with Gasteiger partial charge in [0.1, 0.15) is 0 Å². The summed E-state index contributed by atoms with van der Waals surface area (Å²) in [7, 11) is 1.45. The second-order valence-corrected chi connectivity index (χ2v) is 4.88. The molecule has 0 aromatic heterocycles. The van der Waals surface area contributed by atoms with Crippen molar-refractivity contribution in [2.45, 2.75) is 19.0 Å². The van der Waals surface area contributed by atoms with Gasteiger partial charge in [0, 0.05) is 18.2 Å². The van der Waals surface area contributed by atoms with Crippen LogP contribution in [0.5, 0.6) is 5.75 Å². The number of aliphatic hydroxyl groups excluding tert-OH is 1. The van der Waals surface area contributed by atoms with Crippen molar-refractivity contribution >= 4 is 0 Å². The Kier molecular flexibility index (Phi) is 5.72. The summed E-state index contributed by atoms with van der Waals surface area (Å²) in [5, 5.41) is 12.6. The maximum atomic E-state index is 14.0. The van der Waals surface area contributed by atoms with E-state index in [9.17, 15) is 9.50 Å². The van der Waals surface area contributed by atoms with Crippen LogP contribution in [0.15, 0.2) is 48.5 Å². The normalized spacial score (nSPS) is 12.1. The minimum Gasteiger partial charge on any atom is -0.494 e. The highest BCUT2D eigenvalue weighted by Gasteiger charge is 2.12. The molecule has 1 atom stereocenters. The first-order valence-corrected chi connectivity index (χ1v) is 6.94. The van der Waals surface area contributed by atoms with Gasteiger partial charge in [0.05, 0.1) is 13.7 Å². The second-order valence-electron chi connectivity index (χ2n) is 4.88. The molecular weight excluding hydrogens is 269 g/mol. The summed E-state index contributed by atoms with van der Waals surface area (Å²) in [5.74, 6) is -0.123. The SMILES string of the molecule is COc1cccc(CNC(CO)Cc2ccccc2)c1F. The Morgan fingerprint density at radius 1 is 1.14 bits per heavy atom. The number of ether oxygens (including phenoxy) is 1. The molecule has 2 aromatic carbocycles. The number of methoxy groups -OCH3 is 1. The van der Waals surface area contributed by atoms with Gasteiger partial charge < -0.3 is 15.2 Å². The summed E-state index contributed by atoms with van der Waals surface area (Å²) < 4.78 is 19.0. The first kappa shape index (κ1) is 15.5. The first-order valence-electron chi connectivity index (χ1n) is 6.94. The third-order valence-corrected chi connectivity index (χ3v) is 3.39. The van der Waals surface area contributed by atoms with Gasteiger partial charge in [0.25, 0.3) is 0 Å². The Hall–Kier alpha value is -1.91. The monoisotopic (exact) mass is 289 g/mol. The molecule has 0 saturated carbocycles. The number of benzene rings is 2. The third-order valence-electron chi connectivity index (χ3n) is 3.39. The number of hydrogen-bond acceptors (Lipinski definition) is 3. The van der Waals surface area contributed by atoms with Gasteiger partial charge in [-0.3, -0.25) is 0 Å². The van der Waals surface area contributed by atoms with E-state index in [1.807, 2.05) is 30.3 Å². The van der Waals surface area contributed by atoms with E-state index in [0.717, 1.165) is 5.56 Å². The van der Waals surface area contributed by atoms with Crippen LogP contribution >= 0.6 is 0 Å². The fourth-order valence-corrected chi connectivity index (χ4v) is 2.20. The molecule has 21 heavy (non-hydrogen) atoms. The minimum atomic E-state index is -0.357. The largest absolute Gasteiger partial charge is 0.494 e. The Morgan fingerprint density at radius 3 is 2.57 bits per heavy atom. The lowest BCUT2D eigenvalue weighted by Gasteiger charge is -2.17. The molecule has 1 unspecified atom stereocenters. The van der Waals surface area contributed by atoms with Crippen LogP contribution in [-0.2, 0) is 13.0 Å². The zero-order valence-corrected chi connectivity index (χ0v) is 12.1. The van der Waals surface area contributed by atoms with E-state index in [4.69, 9.17) is 4.74 Å². The standard InChI is InChI=1S/C17H20FNO2/c1-21-16-9-5-8-14(17(16)18)11-19-15(12-20)10-13-6-3-2-4-7-13/h2-9,15,19-20H,10-12H2,1H3. The molecule has 0 saturated heterocycles. The minimum absolute atomic E-state index is 0.000478. The number of rotatable bonds is 7. The van der Waals surface area contributed by atoms with Crippen molar-refractivity contribution in [1.82, 2.24) is 5.32 Å². The highest BCUT2D eigenvalue weighted by molar-refractivity contribution is 5.31. The van der Waals surface area contributed by atoms with E-state index < -0.39 is 0 Å². The highest BCUT2D eigenvalue weighted by atomic mass is 19.1. The summed E-state index contributed by atoms with van der Waals surface area (Å²) in [4.78, 5) is 0. The van der Waals surface area contributed by atoms with Crippen LogP contribution in [0.1, 0.15) is 11.1 Å². The van der Waals surface area contributed by atoms with E-state index in [1.165, 1.54) is 7.11 Å². The van der Waals surface area contributed by atoms with Crippen molar-refractivity contribution in [3.05, 3.63) is 65.5 Å². The van der Waals surface area contributed by atoms with Crippen molar-refractivity contribution in [3.8, 4) is 5.75 Å². The van der Waals surface area contributed by atoms with Crippen LogP contribution in [0.3, 0.4) is 0 Å². The molecule has 2 rings (SSSR count). The number of halogens is 1. The fourth-order valence-electron chi connectivity index (χ4n) is 2.20. The zero-order valence-electron chi connectivity index (χ0n) is 12.1. The van der Waals surface area contributed by atoms with Crippen LogP contribution in [0.2, 0.25) is 0 Å². The molecule has 112 valence electrons. The van der Waals surface area contributed by atoms with Crippen LogP contribution in [-0.4, -0.2) is 24.9 Å². The van der Waals surface area contributed by atoms with Crippen LogP contribution in [0.25, 0.3) is 0 Å². The highest BCUT2D eigenvalue weighted by Crippen LogP contribution is 2.19. The Bertz CT molecular complexity index is 560. The Morgan fingerprint density at radius 2 is 1.90 bits per heavy atom. The summed E-state index contributed by atoms with van der Waals surface area (Å²) >= 11 is 0. The maximum absolute atomic E-state index is 14.0. The van der Waals surface area contributed by atoms with E-state index in [0.29, 0.717) is 18.5 Å². The average Bonchev–Trinajstić information content (AvgIpc) is 2.53. The lowest BCUT2D eigenvalue weighted by Crippen LogP contribution is -2.34. The van der Waals surface area contributed by atoms with Gasteiger partial charge >= 0.3 is 0 Å². The van der Waals surface area contributed by atoms with Gasteiger partial charge in [-0.05, 0) is 18.1 Å². The molecule has 0 aliphatic heterocycles. The molecule has 2 aromatic rings. The van der Waals surface area contributed by atoms with Crippen molar-refractivity contribution < 1.29 is 14.2 Å². The molecule has 0 spiro atoms. The maximum Gasteiger partial charge on any atom is 0.169 e. The molecule has 4 heteroatoms. The van der Waals surface area contributed by atoms with Gasteiger partial charge in [-0.25, -0.2) is 4.39 Å². The van der Waals surface area contributed by atoms with Crippen molar-refractivity contribution in [3.63, 3.8) is 0 Å². The molecule has 0 aliphatic carbocycles. The topological polar surface area (TPSA) is 41.5 Å². The Balaban J connectivity index is 1.97. The third kappa shape index (κ3) is 4.28. The molecule has 0 radical (unpaired) electrons. The number of hydrogen-bond donors (Lipinski definition) is 2. The van der Waals surface area contributed by atoms with Crippen LogP contribution in [0, 0.1) is 5.82 Å². The lowest BCUT2D eigenvalue weighted by molar-refractivity contribution is 0.240. The van der Waals surface area contributed by atoms with Gasteiger partial charge in [-0.1, -0.05) is 42.5 Å². The summed E-state index contributed by atoms with van der Waals surface area (Å²) in [6.07, 6.45) is 0.697. The van der Waals surface area contributed by atoms with Gasteiger partial charge in [0.15, 0.2) is 11.6 Å². The molecule has 2 N–H and O–H groups in total. The van der Waals surface area contributed by atoms with E-state index in [2.05, 4.69) is 5.32 Å². The molecule has 0 aliphatic rings. The van der Waals surface area contributed by atoms with Gasteiger partial charge in [-0.2, -0.15) is 0 Å². The molecule has 0 bridgehead atoms. The zero-order chi connectivity index (χ0) is 15.1. The van der Waals surface area contributed by atoms with E-state index in [1.54, 1.807) is 18.2 Å². The average molecular weight is 289 g/mol. The Labute approximate surface area is 124 Å². The van der Waals surface area contributed by atoms with Crippen LogP contribution in [0.4, 0.5) is 4.39 Å². The van der Waals surface area contributed by atoms with E-state index >= 15 is 0 Å². The van der Waals surface area contributed by atoms with Crippen molar-refractivity contribution in [2.24, 2.45) is 0 Å². The predicted octanol–water partition coefficient (Wildman–Crippen LogP) is 2.53. The summed E-state index contributed by atoms with van der Waals surface area (Å²) in [5.41, 5.74) is 1.66. The van der Waals surface area contributed by atoms with Gasteiger partial charge in [-0.15, -0.1) is 0 Å². The molecule has 0 fully saturated rings. The molecule has 0 amide bonds. The first-order chi connectivity index (χ1) is 10.2. The van der Waals surface area contributed by atoms with E-state index in [-0.39, 0.29) is 24.2 Å². The quantitative estimate of drug-likeness (QED) is 0.823. The van der Waals surface area contributed by atoms with Crippen molar-refractivity contribution in [1.29, 1.82) is 0 Å². The second kappa shape index (κ2) is 7.76. The fraction of sp³-hybridized carbons (Fsp3) is 0.294. The molecule has 3 nitrogen and oxygen atoms in total.